The second-order valence-electron chi connectivity index (χ2n) is 39.9. The molecule has 148 heavy (non-hydrogen) atoms. The van der Waals surface area contributed by atoms with Crippen LogP contribution in [-0.2, 0) is 115 Å². The van der Waals surface area contributed by atoms with Crippen LogP contribution in [0.15, 0.2) is 97.2 Å². The molecule has 0 aliphatic carbocycles. The van der Waals surface area contributed by atoms with Crippen LogP contribution in [0, 0.1) is 11.8 Å². The average Bonchev–Trinajstić information content (AvgIpc) is 1.32. The van der Waals surface area contributed by atoms with Crippen LogP contribution < -0.4 is 103 Å². The Kier molecular flexibility index (Phi) is 55.1. The number of aromatic nitrogens is 1. The van der Waals surface area contributed by atoms with Crippen molar-refractivity contribution in [3.05, 3.63) is 114 Å². The van der Waals surface area contributed by atoms with Gasteiger partial charge >= 0.3 is 5.97 Å². The molecule has 0 spiro atoms. The van der Waals surface area contributed by atoms with Crippen molar-refractivity contribution < 1.29 is 111 Å². The number of H-pyrrole nitrogens is 1. The zero-order valence-electron chi connectivity index (χ0n) is 88.1. The van der Waals surface area contributed by atoms with Crippen molar-refractivity contribution in [3.8, 4) is 5.75 Å². The fraction of sp³-hybridized carbons (Fsp3) is 0.600. The number of carbonyl (C=O) groups excluding carboxylic acids is 19. The van der Waals surface area contributed by atoms with E-state index in [1.807, 2.05) is 26.0 Å². The number of aliphatic carboxylic acids is 1. The van der Waals surface area contributed by atoms with Gasteiger partial charge in [0.05, 0.1) is 104 Å². The molecule has 2 heterocycles. The minimum Gasteiger partial charge on any atom is -0.508 e. The van der Waals surface area contributed by atoms with Gasteiger partial charge in [-0.05, 0) is 199 Å². The summed E-state index contributed by atoms with van der Waals surface area (Å²) in [7, 11) is 0. The van der Waals surface area contributed by atoms with Gasteiger partial charge in [-0.25, -0.2) is 32.6 Å². The number of nitrogens with two attached hydrogens (primary N) is 2. The molecule has 18 atom stereocenters. The number of hydrogen-bond donors (Lipinski definition) is 23. The van der Waals surface area contributed by atoms with E-state index in [2.05, 4.69) is 96.0 Å². The topological polar surface area (TPSA) is 674 Å². The Morgan fingerprint density at radius 3 is 1.66 bits per heavy atom. The average molecular weight is 2070 g/mol. The summed E-state index contributed by atoms with van der Waals surface area (Å²) in [4.78, 5) is 281. The highest BCUT2D eigenvalue weighted by Crippen LogP contribution is 2.25. The fourth-order valence-electron chi connectivity index (χ4n) is 16.4. The van der Waals surface area contributed by atoms with Crippen LogP contribution in [0.4, 0.5) is 0 Å². The molecule has 0 unspecified atom stereocenters. The molecule has 5 rings (SSSR count). The number of aliphatic hydroxyl groups excluding tert-OH is 1. The van der Waals surface area contributed by atoms with Crippen LogP contribution in [0.1, 0.15) is 243 Å². The number of phenolic OH excluding ortho intramolecular Hbond substituents is 1. The summed E-state index contributed by atoms with van der Waals surface area (Å²) >= 11 is 0. The number of para-hydroxylation sites is 1. The Morgan fingerprint density at radius 2 is 1.07 bits per heavy atom. The molecule has 0 bridgehead atoms. The number of primary amides is 2. The SMILES string of the molecule is CC(=O)N[C@@H](CC(C)C)C(=O)N[C@H](C(=O)C(=O)[C@H](Cc1ccccc1)NN[C@]1(C)CCCCCCC=CCCC[C@@](C)(C(=O)CN[C@@H](C)C(=O)CCN[C@@H](C)C(=O)CCN[C@@H](C)C(=O)CCN[C@@H](C)C(=O)CN[C@H](C)C(=O)N[C@H](C)C(N)=O)NC(=O)[C@H](CC(C)C)NN[C@@H](CCC(N)=O)C(=O)CN[C@@H](C)C(=O)CC(=O)[C@H](Cc2c[nH]c3ccccc23)NN[C@@H](Cc2ccc(O)cc2)C(=O)N[C@@H](CCC(=O)O)C(=O)C1=O)[C@@H](C)O. The Morgan fingerprint density at radius 1 is 0.514 bits per heavy atom. The number of fused-ring (bicyclic) bond motifs is 1. The van der Waals surface area contributed by atoms with Crippen molar-refractivity contribution in [2.75, 3.05) is 39.3 Å². The van der Waals surface area contributed by atoms with Gasteiger partial charge in [-0.15, -0.1) is 0 Å². The van der Waals surface area contributed by atoms with E-state index in [1.165, 1.54) is 65.8 Å². The minimum absolute atomic E-state index is 0.0371. The largest absolute Gasteiger partial charge is 0.508 e. The number of Topliss-reactive ketones (excluding diaryl/α,β-unsaturated/α-hetero) is 12. The predicted molar refractivity (Wildman–Crippen MR) is 555 cm³/mol. The van der Waals surface area contributed by atoms with Crippen molar-refractivity contribution in [1.29, 1.82) is 0 Å². The molecule has 43 heteroatoms. The number of hydrazine groups is 3. The molecule has 0 saturated carbocycles. The van der Waals surface area contributed by atoms with Crippen molar-refractivity contribution in [2.45, 2.75) is 353 Å². The van der Waals surface area contributed by atoms with Crippen molar-refractivity contribution in [3.63, 3.8) is 0 Å². The number of nitrogens with one attached hydrogen (secondary N) is 18. The monoisotopic (exact) mass is 2070 g/mol. The van der Waals surface area contributed by atoms with Crippen LogP contribution >= 0.6 is 0 Å². The van der Waals surface area contributed by atoms with Crippen molar-refractivity contribution >= 4 is 128 Å². The summed E-state index contributed by atoms with van der Waals surface area (Å²) < 4.78 is 0. The highest BCUT2D eigenvalue weighted by Gasteiger charge is 2.45. The standard InChI is InChI=1S/C105H160N20O23/c1-60(2)50-81(116-70(13)127)101(146)118-94(69(12)126)97(142)95(140)80(52-71-30-24-23-25-31-71)124-125-105(15)46-29-22-20-18-16-17-19-21-28-45-104(14,91(136)59-113-64(7)86(131)44-48-109-62(5)84(129)42-47-108-63(6)85(130)43-49-110-66(9)89(134)57-112-68(11)100(145)115-67(10)99(107)144)119-103(148)82(51-61(3)4)122-120-77(38-40-92(106)137)90(135)58-111-65(8)87(132)55-88(133)79(54-73-56-114-76-33-27-26-32-75(73)76)121-123-83(53-72-34-36-74(128)37-35-72)102(147)117-78(39-41-93(138)139)96(141)98(105)143/h17,19,23-27,30-37,56,60-69,77-83,94,108-114,120-126,128H,16,18,20-22,28-29,38-55,57-59H2,1-15H3,(H2,106,137)(H2,107,144)(H,115,145)(H,116,127)(H,117,147)(H,118,146)(H,119,148)(H,138,139)/t62-,63-,64-,65-,66-,67+,68+,69+,77-,78-,79-,80-,81-,82-,83-,94-,104-,105+/m0/s1. The number of benzene rings is 3. The molecule has 25 N–H and O–H groups in total. The molecular formula is C105H160N20O23. The summed E-state index contributed by atoms with van der Waals surface area (Å²) in [6, 6.07) is 3.34. The zero-order valence-corrected chi connectivity index (χ0v) is 88.1. The van der Waals surface area contributed by atoms with Crippen LogP contribution in [-0.4, -0.2) is 284 Å². The molecule has 0 saturated heterocycles. The Balaban J connectivity index is 1.47. The number of phenols is 1. The molecule has 1 aliphatic rings. The predicted octanol–water partition coefficient (Wildman–Crippen LogP) is 1.07. The van der Waals surface area contributed by atoms with E-state index in [-0.39, 0.29) is 150 Å². The molecule has 0 radical (unpaired) electrons. The number of aromatic amines is 1. The Hall–Kier alpha value is -12.0. The normalized spacial score (nSPS) is 21.6. The number of carboxylic acid groups (broad SMARTS) is 1. The van der Waals surface area contributed by atoms with Gasteiger partial charge in [0.2, 0.25) is 64.5 Å². The van der Waals surface area contributed by atoms with Gasteiger partial charge in [0.15, 0.2) is 46.3 Å². The minimum atomic E-state index is -2.09. The highest BCUT2D eigenvalue weighted by atomic mass is 16.4. The van der Waals surface area contributed by atoms with Gasteiger partial charge in [-0.2, -0.15) is 0 Å². The fourth-order valence-corrected chi connectivity index (χ4v) is 16.4. The van der Waals surface area contributed by atoms with E-state index in [4.69, 9.17) is 11.5 Å². The van der Waals surface area contributed by atoms with Crippen LogP contribution in [0.5, 0.6) is 5.75 Å². The summed E-state index contributed by atoms with van der Waals surface area (Å²) in [5, 5.41) is 63.4. The van der Waals surface area contributed by atoms with E-state index in [0.29, 0.717) is 66.1 Å². The van der Waals surface area contributed by atoms with Crippen molar-refractivity contribution in [2.24, 2.45) is 23.3 Å². The van der Waals surface area contributed by atoms with Crippen LogP contribution in [0.25, 0.3) is 10.9 Å². The second-order valence-corrected chi connectivity index (χ2v) is 39.9. The van der Waals surface area contributed by atoms with Gasteiger partial charge in [0, 0.05) is 75.8 Å². The first-order chi connectivity index (χ1) is 69.8. The van der Waals surface area contributed by atoms with Gasteiger partial charge in [0.25, 0.3) is 0 Å². The number of amides is 7. The number of hydrogen-bond acceptors (Lipinski definition) is 34. The third kappa shape index (κ3) is 44.8. The number of carboxylic acids is 1. The smallest absolute Gasteiger partial charge is 0.303 e. The summed E-state index contributed by atoms with van der Waals surface area (Å²) in [5.41, 5.74) is 26.8. The zero-order chi connectivity index (χ0) is 110. The number of carbonyl (C=O) groups is 20. The van der Waals surface area contributed by atoms with Crippen LogP contribution in [0.2, 0.25) is 0 Å². The molecule has 43 nitrogen and oxygen atoms in total. The lowest BCUT2D eigenvalue weighted by Crippen LogP contribution is -2.65. The van der Waals surface area contributed by atoms with Crippen LogP contribution in [0.3, 0.4) is 0 Å². The maximum absolute atomic E-state index is 15.7. The third-order valence-corrected chi connectivity index (χ3v) is 26.1. The number of aliphatic hydroxyl groups is 1. The molecule has 1 aromatic heterocycles. The first kappa shape index (κ1) is 126. The molecule has 4 aromatic rings. The number of aromatic hydroxyl groups is 1. The molecule has 7 amide bonds. The molecule has 3 aromatic carbocycles. The molecule has 0 fully saturated rings. The second kappa shape index (κ2) is 64.4. The van der Waals surface area contributed by atoms with E-state index < -0.39 is 234 Å². The van der Waals surface area contributed by atoms with Crippen molar-refractivity contribution in [1.82, 2.24) is 96.0 Å². The molecule has 818 valence electrons. The summed E-state index contributed by atoms with van der Waals surface area (Å²) in [5.74, 6) is -15.6. The Bertz CT molecular complexity index is 5170. The van der Waals surface area contributed by atoms with E-state index in [1.54, 1.807) is 109 Å². The third-order valence-electron chi connectivity index (χ3n) is 26.1. The maximum Gasteiger partial charge on any atom is 0.303 e. The first-order valence-electron chi connectivity index (χ1n) is 51.2. The molecular weight excluding hydrogens is 1910 g/mol. The van der Waals surface area contributed by atoms with E-state index in [9.17, 15) is 92.0 Å². The lowest BCUT2D eigenvalue weighted by Gasteiger charge is -2.33. The maximum atomic E-state index is 15.7. The summed E-state index contributed by atoms with van der Waals surface area (Å²) in [6.45, 7) is 22.7. The lowest BCUT2D eigenvalue weighted by molar-refractivity contribution is -0.144. The highest BCUT2D eigenvalue weighted by molar-refractivity contribution is 6.43. The Labute approximate surface area is 865 Å². The van der Waals surface area contributed by atoms with E-state index >= 15 is 19.2 Å². The summed E-state index contributed by atoms with van der Waals surface area (Å²) in [6.07, 6.45) is 3.32. The van der Waals surface area contributed by atoms with E-state index in [0.717, 1.165) is 0 Å². The van der Waals surface area contributed by atoms with Gasteiger partial charge in [-0.1, -0.05) is 120 Å². The number of ketones is 12. The number of rotatable bonds is 52. The van der Waals surface area contributed by atoms with Gasteiger partial charge < -0.3 is 84.9 Å². The lowest BCUT2D eigenvalue weighted by atomic mass is 9.85. The number of allylic oxidation sites excluding steroid dienone is 2. The van der Waals surface area contributed by atoms with Gasteiger partial charge in [0.1, 0.15) is 36.0 Å². The molecule has 1 aliphatic heterocycles. The van der Waals surface area contributed by atoms with Gasteiger partial charge in [-0.3, -0.25) is 101 Å². The quantitative estimate of drug-likeness (QED) is 0.0127. The first-order valence-corrected chi connectivity index (χ1v) is 51.2.